The van der Waals surface area contributed by atoms with Crippen LogP contribution in [0, 0.1) is 0 Å². The molecule has 0 aliphatic carbocycles. The fourth-order valence-electron chi connectivity index (χ4n) is 3.07. The quantitative estimate of drug-likeness (QED) is 0.901. The second-order valence-electron chi connectivity index (χ2n) is 5.14. The van der Waals surface area contributed by atoms with Gasteiger partial charge in [-0.1, -0.05) is 6.07 Å². The molecule has 2 saturated heterocycles. The van der Waals surface area contributed by atoms with Gasteiger partial charge in [-0.3, -0.25) is 0 Å². The van der Waals surface area contributed by atoms with Crippen LogP contribution in [-0.4, -0.2) is 41.4 Å². The molecule has 5 nitrogen and oxygen atoms in total. The molecule has 0 saturated carbocycles. The molecule has 0 radical (unpaired) electrons. The zero-order valence-electron chi connectivity index (χ0n) is 10.8. The predicted octanol–water partition coefficient (Wildman–Crippen LogP) is 1.93. The lowest BCUT2D eigenvalue weighted by Crippen LogP contribution is -2.39. The van der Waals surface area contributed by atoms with E-state index in [4.69, 9.17) is 9.84 Å². The van der Waals surface area contributed by atoms with Crippen LogP contribution in [0.15, 0.2) is 18.2 Å². The van der Waals surface area contributed by atoms with Crippen LogP contribution in [0.25, 0.3) is 0 Å². The Morgan fingerprint density at radius 2 is 2.26 bits per heavy atom. The van der Waals surface area contributed by atoms with Crippen LogP contribution < -0.4 is 4.90 Å². The van der Waals surface area contributed by atoms with E-state index in [1.54, 1.807) is 6.07 Å². The van der Waals surface area contributed by atoms with Crippen LogP contribution in [0.1, 0.15) is 36.2 Å². The van der Waals surface area contributed by atoms with E-state index in [0.29, 0.717) is 6.04 Å². The second kappa shape index (κ2) is 5.17. The topological polar surface area (TPSA) is 62.7 Å². The second-order valence-corrected chi connectivity index (χ2v) is 5.14. The molecule has 19 heavy (non-hydrogen) atoms. The first-order valence-corrected chi connectivity index (χ1v) is 6.84. The Kier molecular flexibility index (Phi) is 3.38. The SMILES string of the molecule is O=C(O)c1cccc(N2CCCC2C2CCCO2)n1. The average molecular weight is 262 g/mol. The number of aromatic nitrogens is 1. The monoisotopic (exact) mass is 262 g/mol. The van der Waals surface area contributed by atoms with Crippen molar-refractivity contribution in [2.45, 2.75) is 37.8 Å². The third-order valence-corrected chi connectivity index (χ3v) is 3.94. The Labute approximate surface area is 112 Å². The van der Waals surface area contributed by atoms with Gasteiger partial charge in [0.05, 0.1) is 12.1 Å². The molecule has 3 heterocycles. The molecule has 1 N–H and O–H groups in total. The van der Waals surface area contributed by atoms with E-state index in [0.717, 1.165) is 44.7 Å². The Bertz CT molecular complexity index is 472. The molecular formula is C14H18N2O3. The maximum absolute atomic E-state index is 11.0. The van der Waals surface area contributed by atoms with Gasteiger partial charge in [0.2, 0.25) is 0 Å². The molecule has 3 rings (SSSR count). The lowest BCUT2D eigenvalue weighted by molar-refractivity contribution is 0.0690. The molecule has 2 atom stereocenters. The molecule has 2 aliphatic heterocycles. The first kappa shape index (κ1) is 12.4. The highest BCUT2D eigenvalue weighted by atomic mass is 16.5. The minimum atomic E-state index is -0.977. The molecule has 0 amide bonds. The highest BCUT2D eigenvalue weighted by molar-refractivity contribution is 5.85. The predicted molar refractivity (Wildman–Crippen MR) is 70.5 cm³/mol. The van der Waals surface area contributed by atoms with E-state index in [1.165, 1.54) is 6.07 Å². The van der Waals surface area contributed by atoms with Crippen LogP contribution in [0.3, 0.4) is 0 Å². The van der Waals surface area contributed by atoms with E-state index in [1.807, 2.05) is 6.07 Å². The number of carboxylic acid groups (broad SMARTS) is 1. The number of pyridine rings is 1. The van der Waals surface area contributed by atoms with Crippen LogP contribution in [0.4, 0.5) is 5.82 Å². The van der Waals surface area contributed by atoms with Gasteiger partial charge in [-0.25, -0.2) is 9.78 Å². The number of hydrogen-bond acceptors (Lipinski definition) is 4. The molecule has 2 aliphatic rings. The highest BCUT2D eigenvalue weighted by Crippen LogP contribution is 2.31. The molecule has 2 unspecified atom stereocenters. The molecule has 5 heteroatoms. The van der Waals surface area contributed by atoms with Gasteiger partial charge in [0.25, 0.3) is 0 Å². The number of ether oxygens (including phenoxy) is 1. The zero-order chi connectivity index (χ0) is 13.2. The number of rotatable bonds is 3. The minimum absolute atomic E-state index is 0.107. The summed E-state index contributed by atoms with van der Waals surface area (Å²) in [4.78, 5) is 17.5. The molecule has 102 valence electrons. The van der Waals surface area contributed by atoms with Crippen molar-refractivity contribution >= 4 is 11.8 Å². The van der Waals surface area contributed by atoms with E-state index < -0.39 is 5.97 Å². The van der Waals surface area contributed by atoms with Crippen molar-refractivity contribution in [3.63, 3.8) is 0 Å². The molecule has 1 aromatic rings. The first-order chi connectivity index (χ1) is 9.25. The van der Waals surface area contributed by atoms with Crippen molar-refractivity contribution in [3.05, 3.63) is 23.9 Å². The lowest BCUT2D eigenvalue weighted by atomic mass is 10.1. The Morgan fingerprint density at radius 3 is 3.00 bits per heavy atom. The molecule has 2 fully saturated rings. The van der Waals surface area contributed by atoms with Crippen molar-refractivity contribution in [1.29, 1.82) is 0 Å². The number of carbonyl (C=O) groups is 1. The Balaban J connectivity index is 1.83. The van der Waals surface area contributed by atoms with Gasteiger partial charge >= 0.3 is 5.97 Å². The van der Waals surface area contributed by atoms with Gasteiger partial charge in [0, 0.05) is 13.2 Å². The molecule has 0 bridgehead atoms. The highest BCUT2D eigenvalue weighted by Gasteiger charge is 2.35. The number of aromatic carboxylic acids is 1. The summed E-state index contributed by atoms with van der Waals surface area (Å²) in [5.74, 6) is -0.215. The van der Waals surface area contributed by atoms with Gasteiger partial charge in [0.15, 0.2) is 5.69 Å². The fraction of sp³-hybridized carbons (Fsp3) is 0.571. The molecule has 0 spiro atoms. The van der Waals surface area contributed by atoms with E-state index in [2.05, 4.69) is 9.88 Å². The molecule has 0 aromatic carbocycles. The first-order valence-electron chi connectivity index (χ1n) is 6.84. The maximum atomic E-state index is 11.0. The van der Waals surface area contributed by atoms with E-state index in [9.17, 15) is 4.79 Å². The normalized spacial score (nSPS) is 26.8. The van der Waals surface area contributed by atoms with Gasteiger partial charge in [-0.15, -0.1) is 0 Å². The lowest BCUT2D eigenvalue weighted by Gasteiger charge is -2.29. The summed E-state index contributed by atoms with van der Waals surface area (Å²) in [6.45, 7) is 1.78. The summed E-state index contributed by atoms with van der Waals surface area (Å²) in [6, 6.07) is 5.53. The summed E-state index contributed by atoms with van der Waals surface area (Å²) in [5, 5.41) is 9.02. The van der Waals surface area contributed by atoms with Gasteiger partial charge in [0.1, 0.15) is 5.82 Å². The summed E-state index contributed by atoms with van der Waals surface area (Å²) in [5.41, 5.74) is 0.107. The van der Waals surface area contributed by atoms with Gasteiger partial charge in [-0.05, 0) is 37.8 Å². The summed E-state index contributed by atoms with van der Waals surface area (Å²) < 4.78 is 5.78. The third-order valence-electron chi connectivity index (χ3n) is 3.94. The maximum Gasteiger partial charge on any atom is 0.354 e. The zero-order valence-corrected chi connectivity index (χ0v) is 10.8. The van der Waals surface area contributed by atoms with Crippen molar-refractivity contribution in [2.24, 2.45) is 0 Å². The van der Waals surface area contributed by atoms with Gasteiger partial charge < -0.3 is 14.7 Å². The van der Waals surface area contributed by atoms with E-state index in [-0.39, 0.29) is 11.8 Å². The minimum Gasteiger partial charge on any atom is -0.477 e. The average Bonchev–Trinajstić information content (AvgIpc) is 3.09. The van der Waals surface area contributed by atoms with Crippen molar-refractivity contribution in [3.8, 4) is 0 Å². The third kappa shape index (κ3) is 2.42. The van der Waals surface area contributed by atoms with Crippen molar-refractivity contribution in [1.82, 2.24) is 4.98 Å². The van der Waals surface area contributed by atoms with Crippen LogP contribution in [0.2, 0.25) is 0 Å². The number of carboxylic acids is 1. The van der Waals surface area contributed by atoms with Crippen LogP contribution in [-0.2, 0) is 4.74 Å². The fourth-order valence-corrected chi connectivity index (χ4v) is 3.07. The van der Waals surface area contributed by atoms with Crippen molar-refractivity contribution < 1.29 is 14.6 Å². The van der Waals surface area contributed by atoms with Crippen LogP contribution in [0.5, 0.6) is 0 Å². The summed E-state index contributed by atoms with van der Waals surface area (Å²) >= 11 is 0. The number of anilines is 1. The van der Waals surface area contributed by atoms with Gasteiger partial charge in [-0.2, -0.15) is 0 Å². The number of hydrogen-bond donors (Lipinski definition) is 1. The molecule has 1 aromatic heterocycles. The summed E-state index contributed by atoms with van der Waals surface area (Å²) in [6.07, 6.45) is 4.71. The Hall–Kier alpha value is -1.62. The molecular weight excluding hydrogens is 244 g/mol. The Morgan fingerprint density at radius 1 is 1.37 bits per heavy atom. The van der Waals surface area contributed by atoms with Crippen molar-refractivity contribution in [2.75, 3.05) is 18.1 Å². The van der Waals surface area contributed by atoms with Crippen LogP contribution >= 0.6 is 0 Å². The summed E-state index contributed by atoms with van der Waals surface area (Å²) in [7, 11) is 0. The number of nitrogens with zero attached hydrogens (tertiary/aromatic N) is 2. The largest absolute Gasteiger partial charge is 0.477 e. The smallest absolute Gasteiger partial charge is 0.354 e. The van der Waals surface area contributed by atoms with E-state index >= 15 is 0 Å². The standard InChI is InChI=1S/C14H18N2O3/c17-14(18)10-4-1-7-13(15-10)16-8-2-5-11(16)12-6-3-9-19-12/h1,4,7,11-12H,2-3,5-6,8-9H2,(H,17,18).